The Kier molecular flexibility index (Phi) is 2.70. The van der Waals surface area contributed by atoms with Gasteiger partial charge in [0, 0.05) is 18.0 Å². The van der Waals surface area contributed by atoms with Crippen molar-refractivity contribution in [1.82, 2.24) is 15.1 Å². The molecule has 0 amide bonds. The van der Waals surface area contributed by atoms with Gasteiger partial charge in [-0.2, -0.15) is 4.98 Å². The molecular formula is C9H10N4O2. The van der Waals surface area contributed by atoms with E-state index < -0.39 is 6.04 Å². The van der Waals surface area contributed by atoms with Crippen LogP contribution in [0.3, 0.4) is 0 Å². The largest absolute Gasteiger partial charge is 0.394 e. The average Bonchev–Trinajstić information content (AvgIpc) is 2.78. The lowest BCUT2D eigenvalue weighted by atomic mass is 10.3. The van der Waals surface area contributed by atoms with E-state index in [1.165, 1.54) is 0 Å². The fourth-order valence-corrected chi connectivity index (χ4v) is 1.08. The van der Waals surface area contributed by atoms with E-state index in [9.17, 15) is 0 Å². The molecule has 2 heterocycles. The molecular weight excluding hydrogens is 196 g/mol. The van der Waals surface area contributed by atoms with Crippen molar-refractivity contribution in [3.05, 3.63) is 30.4 Å². The maximum Gasteiger partial charge on any atom is 0.246 e. The molecule has 0 saturated heterocycles. The minimum Gasteiger partial charge on any atom is -0.394 e. The van der Waals surface area contributed by atoms with Crippen LogP contribution < -0.4 is 5.73 Å². The highest BCUT2D eigenvalue weighted by molar-refractivity contribution is 5.51. The van der Waals surface area contributed by atoms with Gasteiger partial charge in [0.05, 0.1) is 6.61 Å². The van der Waals surface area contributed by atoms with Crippen molar-refractivity contribution in [3.63, 3.8) is 0 Å². The van der Waals surface area contributed by atoms with E-state index in [2.05, 4.69) is 15.1 Å². The molecule has 0 aliphatic rings. The van der Waals surface area contributed by atoms with Crippen LogP contribution in [0.15, 0.2) is 29.0 Å². The smallest absolute Gasteiger partial charge is 0.246 e. The number of aliphatic hydroxyl groups is 1. The van der Waals surface area contributed by atoms with Crippen LogP contribution in [-0.4, -0.2) is 26.8 Å². The summed E-state index contributed by atoms with van der Waals surface area (Å²) in [4.78, 5) is 7.98. The summed E-state index contributed by atoms with van der Waals surface area (Å²) in [6.07, 6.45) is 3.28. The van der Waals surface area contributed by atoms with Gasteiger partial charge in [0.1, 0.15) is 6.04 Å². The molecule has 0 saturated carbocycles. The van der Waals surface area contributed by atoms with Crippen LogP contribution in [0.1, 0.15) is 11.9 Å². The molecule has 0 aromatic carbocycles. The van der Waals surface area contributed by atoms with E-state index in [0.29, 0.717) is 5.82 Å². The predicted octanol–water partition coefficient (Wildman–Crippen LogP) is 0.124. The van der Waals surface area contributed by atoms with Gasteiger partial charge in [-0.1, -0.05) is 5.16 Å². The lowest BCUT2D eigenvalue weighted by molar-refractivity contribution is 0.237. The summed E-state index contributed by atoms with van der Waals surface area (Å²) in [5.74, 6) is 0.637. The minimum absolute atomic E-state index is 0.219. The number of nitrogens with zero attached hydrogens (tertiary/aromatic N) is 3. The fourth-order valence-electron chi connectivity index (χ4n) is 1.08. The Morgan fingerprint density at radius 2 is 2.40 bits per heavy atom. The van der Waals surface area contributed by atoms with Gasteiger partial charge in [0.2, 0.25) is 11.7 Å². The van der Waals surface area contributed by atoms with Crippen molar-refractivity contribution in [2.24, 2.45) is 5.73 Å². The van der Waals surface area contributed by atoms with Crippen LogP contribution in [0.5, 0.6) is 0 Å². The Bertz CT molecular complexity index is 429. The molecule has 0 bridgehead atoms. The maximum absolute atomic E-state index is 8.80. The Labute approximate surface area is 85.8 Å². The molecule has 6 heteroatoms. The summed E-state index contributed by atoms with van der Waals surface area (Å²) < 4.78 is 4.90. The van der Waals surface area contributed by atoms with Crippen LogP contribution in [-0.2, 0) is 0 Å². The van der Waals surface area contributed by atoms with Crippen molar-refractivity contribution in [2.45, 2.75) is 6.04 Å². The Hall–Kier alpha value is -1.79. The summed E-state index contributed by atoms with van der Waals surface area (Å²) in [5, 5.41) is 12.5. The van der Waals surface area contributed by atoms with E-state index in [-0.39, 0.29) is 12.5 Å². The minimum atomic E-state index is -0.636. The van der Waals surface area contributed by atoms with Gasteiger partial charge in [-0.25, -0.2) is 0 Å². The zero-order valence-electron chi connectivity index (χ0n) is 7.87. The highest BCUT2D eigenvalue weighted by Gasteiger charge is 2.14. The average molecular weight is 206 g/mol. The normalized spacial score (nSPS) is 12.7. The number of nitrogens with two attached hydrogens (primary N) is 1. The number of hydrogen-bond donors (Lipinski definition) is 2. The van der Waals surface area contributed by atoms with Crippen molar-refractivity contribution in [2.75, 3.05) is 6.61 Å². The molecule has 3 N–H and O–H groups in total. The van der Waals surface area contributed by atoms with Gasteiger partial charge >= 0.3 is 0 Å². The van der Waals surface area contributed by atoms with E-state index >= 15 is 0 Å². The second-order valence-electron chi connectivity index (χ2n) is 2.99. The van der Waals surface area contributed by atoms with Crippen molar-refractivity contribution < 1.29 is 9.63 Å². The zero-order chi connectivity index (χ0) is 10.7. The van der Waals surface area contributed by atoms with Crippen molar-refractivity contribution in [1.29, 1.82) is 0 Å². The number of aliphatic hydroxyl groups excluding tert-OH is 1. The first kappa shape index (κ1) is 9.75. The first-order valence-electron chi connectivity index (χ1n) is 4.41. The summed E-state index contributed by atoms with van der Waals surface area (Å²) in [7, 11) is 0. The molecule has 0 aliphatic carbocycles. The SMILES string of the molecule is N[C@@H](CO)c1nc(-c2cccnc2)no1. The van der Waals surface area contributed by atoms with Crippen LogP contribution in [0.25, 0.3) is 11.4 Å². The molecule has 2 aromatic rings. The summed E-state index contributed by atoms with van der Waals surface area (Å²) in [6.45, 7) is -0.228. The van der Waals surface area contributed by atoms with E-state index in [1.807, 2.05) is 6.07 Å². The monoisotopic (exact) mass is 206 g/mol. The highest BCUT2D eigenvalue weighted by atomic mass is 16.5. The van der Waals surface area contributed by atoms with E-state index in [4.69, 9.17) is 15.4 Å². The van der Waals surface area contributed by atoms with Gasteiger partial charge in [-0.05, 0) is 12.1 Å². The zero-order valence-corrected chi connectivity index (χ0v) is 7.87. The molecule has 0 aliphatic heterocycles. The van der Waals surface area contributed by atoms with Gasteiger partial charge in [0.15, 0.2) is 0 Å². The Balaban J connectivity index is 2.28. The standard InChI is InChI=1S/C9H10N4O2/c10-7(5-14)9-12-8(13-15-9)6-2-1-3-11-4-6/h1-4,7,14H,5,10H2/t7-/m0/s1. The molecule has 6 nitrogen and oxygen atoms in total. The number of rotatable bonds is 3. The number of pyridine rings is 1. The predicted molar refractivity (Wildman–Crippen MR) is 51.5 cm³/mol. The second kappa shape index (κ2) is 4.16. The number of aromatic nitrogens is 3. The van der Waals surface area contributed by atoms with E-state index in [1.54, 1.807) is 18.5 Å². The molecule has 2 rings (SSSR count). The molecule has 0 radical (unpaired) electrons. The van der Waals surface area contributed by atoms with Gasteiger partial charge < -0.3 is 15.4 Å². The Morgan fingerprint density at radius 1 is 1.53 bits per heavy atom. The van der Waals surface area contributed by atoms with Crippen molar-refractivity contribution in [3.8, 4) is 11.4 Å². The Morgan fingerprint density at radius 3 is 3.07 bits per heavy atom. The third-order valence-electron chi connectivity index (χ3n) is 1.88. The topological polar surface area (TPSA) is 98.1 Å². The number of hydrogen-bond acceptors (Lipinski definition) is 6. The van der Waals surface area contributed by atoms with Crippen LogP contribution in [0.4, 0.5) is 0 Å². The van der Waals surface area contributed by atoms with Crippen LogP contribution >= 0.6 is 0 Å². The molecule has 0 fully saturated rings. The first-order chi connectivity index (χ1) is 7.31. The summed E-state index contributed by atoms with van der Waals surface area (Å²) in [6, 6.07) is 2.95. The van der Waals surface area contributed by atoms with Crippen LogP contribution in [0, 0.1) is 0 Å². The van der Waals surface area contributed by atoms with Crippen LogP contribution in [0.2, 0.25) is 0 Å². The molecule has 15 heavy (non-hydrogen) atoms. The van der Waals surface area contributed by atoms with E-state index in [0.717, 1.165) is 5.56 Å². The third-order valence-corrected chi connectivity index (χ3v) is 1.88. The van der Waals surface area contributed by atoms with Gasteiger partial charge in [-0.3, -0.25) is 4.98 Å². The van der Waals surface area contributed by atoms with Gasteiger partial charge in [-0.15, -0.1) is 0 Å². The van der Waals surface area contributed by atoms with Gasteiger partial charge in [0.25, 0.3) is 0 Å². The molecule has 78 valence electrons. The third kappa shape index (κ3) is 2.00. The maximum atomic E-state index is 8.80. The quantitative estimate of drug-likeness (QED) is 0.740. The fraction of sp³-hybridized carbons (Fsp3) is 0.222. The summed E-state index contributed by atoms with van der Waals surface area (Å²) >= 11 is 0. The molecule has 2 aromatic heterocycles. The highest BCUT2D eigenvalue weighted by Crippen LogP contribution is 2.15. The lowest BCUT2D eigenvalue weighted by Gasteiger charge is -1.98. The molecule has 0 unspecified atom stereocenters. The lowest BCUT2D eigenvalue weighted by Crippen LogP contribution is -2.14. The van der Waals surface area contributed by atoms with Crippen molar-refractivity contribution >= 4 is 0 Å². The summed E-state index contributed by atoms with van der Waals surface area (Å²) in [5.41, 5.74) is 6.27. The first-order valence-corrected chi connectivity index (χ1v) is 4.41. The molecule has 1 atom stereocenters. The molecule has 0 spiro atoms. The second-order valence-corrected chi connectivity index (χ2v) is 2.99.